The molecule has 1 aromatic rings. The van der Waals surface area contributed by atoms with E-state index in [1.807, 2.05) is 18.5 Å². The molecular weight excluding hydrogens is 196 g/mol. The first kappa shape index (κ1) is 13.2. The SMILES string of the molecule is CCCCCC(C)NC(C)c1cccnc1. The Bertz CT molecular complexity index is 271. The summed E-state index contributed by atoms with van der Waals surface area (Å²) in [4.78, 5) is 4.15. The normalized spacial score (nSPS) is 14.7. The van der Waals surface area contributed by atoms with Gasteiger partial charge < -0.3 is 5.32 Å². The lowest BCUT2D eigenvalue weighted by atomic mass is 10.1. The smallest absolute Gasteiger partial charge is 0.0315 e. The molecule has 0 spiro atoms. The minimum Gasteiger partial charge on any atom is -0.308 e. The summed E-state index contributed by atoms with van der Waals surface area (Å²) < 4.78 is 0. The van der Waals surface area contributed by atoms with Gasteiger partial charge in [0.1, 0.15) is 0 Å². The van der Waals surface area contributed by atoms with Crippen LogP contribution < -0.4 is 5.32 Å². The van der Waals surface area contributed by atoms with Crippen molar-refractivity contribution in [3.8, 4) is 0 Å². The molecule has 90 valence electrons. The number of rotatable bonds is 7. The van der Waals surface area contributed by atoms with Crippen molar-refractivity contribution in [3.05, 3.63) is 30.1 Å². The molecule has 2 heteroatoms. The maximum absolute atomic E-state index is 4.15. The fraction of sp³-hybridized carbons (Fsp3) is 0.643. The predicted molar refractivity (Wildman–Crippen MR) is 69.4 cm³/mol. The van der Waals surface area contributed by atoms with Gasteiger partial charge in [0.15, 0.2) is 0 Å². The maximum atomic E-state index is 4.15. The Morgan fingerprint density at radius 2 is 2.12 bits per heavy atom. The quantitative estimate of drug-likeness (QED) is 0.709. The van der Waals surface area contributed by atoms with E-state index in [9.17, 15) is 0 Å². The van der Waals surface area contributed by atoms with Gasteiger partial charge in [0.05, 0.1) is 0 Å². The van der Waals surface area contributed by atoms with Gasteiger partial charge >= 0.3 is 0 Å². The summed E-state index contributed by atoms with van der Waals surface area (Å²) in [5.74, 6) is 0. The molecule has 0 fully saturated rings. The van der Waals surface area contributed by atoms with E-state index in [0.29, 0.717) is 12.1 Å². The zero-order valence-corrected chi connectivity index (χ0v) is 10.7. The number of nitrogens with one attached hydrogen (secondary N) is 1. The molecule has 0 radical (unpaired) electrons. The van der Waals surface area contributed by atoms with E-state index in [2.05, 4.69) is 37.1 Å². The number of pyridine rings is 1. The predicted octanol–water partition coefficient (Wildman–Crippen LogP) is 3.70. The molecule has 2 unspecified atom stereocenters. The van der Waals surface area contributed by atoms with Gasteiger partial charge in [-0.15, -0.1) is 0 Å². The van der Waals surface area contributed by atoms with Crippen molar-refractivity contribution < 1.29 is 0 Å². The molecule has 1 heterocycles. The van der Waals surface area contributed by atoms with Crippen molar-refractivity contribution in [1.29, 1.82) is 0 Å². The van der Waals surface area contributed by atoms with Gasteiger partial charge in [-0.3, -0.25) is 4.98 Å². The fourth-order valence-corrected chi connectivity index (χ4v) is 1.94. The molecule has 1 rings (SSSR count). The van der Waals surface area contributed by atoms with Crippen LogP contribution in [0.3, 0.4) is 0 Å². The highest BCUT2D eigenvalue weighted by Crippen LogP contribution is 2.12. The number of unbranched alkanes of at least 4 members (excludes halogenated alkanes) is 2. The highest BCUT2D eigenvalue weighted by molar-refractivity contribution is 5.12. The van der Waals surface area contributed by atoms with Gasteiger partial charge in [-0.25, -0.2) is 0 Å². The minimum atomic E-state index is 0.394. The lowest BCUT2D eigenvalue weighted by molar-refractivity contribution is 0.439. The van der Waals surface area contributed by atoms with E-state index in [4.69, 9.17) is 0 Å². The average molecular weight is 220 g/mol. The van der Waals surface area contributed by atoms with Gasteiger partial charge in [-0.1, -0.05) is 32.3 Å². The van der Waals surface area contributed by atoms with E-state index < -0.39 is 0 Å². The van der Waals surface area contributed by atoms with Crippen LogP contribution in [0.15, 0.2) is 24.5 Å². The molecule has 0 saturated carbocycles. The van der Waals surface area contributed by atoms with Crippen LogP contribution >= 0.6 is 0 Å². The Kier molecular flexibility index (Phi) is 6.09. The lowest BCUT2D eigenvalue weighted by Crippen LogP contribution is -2.28. The molecule has 0 aromatic carbocycles. The molecule has 0 amide bonds. The summed E-state index contributed by atoms with van der Waals surface area (Å²) in [6, 6.07) is 5.10. The molecule has 16 heavy (non-hydrogen) atoms. The van der Waals surface area contributed by atoms with Crippen LogP contribution in [-0.4, -0.2) is 11.0 Å². The maximum Gasteiger partial charge on any atom is 0.0315 e. The summed E-state index contributed by atoms with van der Waals surface area (Å²) in [7, 11) is 0. The largest absolute Gasteiger partial charge is 0.308 e. The highest BCUT2D eigenvalue weighted by Gasteiger charge is 2.08. The van der Waals surface area contributed by atoms with Crippen LogP contribution in [0.4, 0.5) is 0 Å². The minimum absolute atomic E-state index is 0.394. The van der Waals surface area contributed by atoms with E-state index in [1.165, 1.54) is 31.2 Å². The van der Waals surface area contributed by atoms with E-state index in [1.54, 1.807) is 0 Å². The van der Waals surface area contributed by atoms with Crippen LogP contribution in [-0.2, 0) is 0 Å². The molecule has 0 saturated heterocycles. The third-order valence-corrected chi connectivity index (χ3v) is 2.96. The topological polar surface area (TPSA) is 24.9 Å². The van der Waals surface area contributed by atoms with Crippen LogP contribution in [0.2, 0.25) is 0 Å². The second-order valence-corrected chi connectivity index (χ2v) is 4.57. The molecule has 2 atom stereocenters. The van der Waals surface area contributed by atoms with Crippen LogP contribution in [0.25, 0.3) is 0 Å². The zero-order valence-electron chi connectivity index (χ0n) is 10.7. The van der Waals surface area contributed by atoms with E-state index in [-0.39, 0.29) is 0 Å². The van der Waals surface area contributed by atoms with Crippen molar-refractivity contribution >= 4 is 0 Å². The number of nitrogens with zero attached hydrogens (tertiary/aromatic N) is 1. The Balaban J connectivity index is 2.31. The Morgan fingerprint density at radius 1 is 1.31 bits per heavy atom. The van der Waals surface area contributed by atoms with Crippen LogP contribution in [0.5, 0.6) is 0 Å². The van der Waals surface area contributed by atoms with E-state index >= 15 is 0 Å². The average Bonchev–Trinajstić information content (AvgIpc) is 2.30. The van der Waals surface area contributed by atoms with Gasteiger partial charge in [-0.05, 0) is 31.9 Å². The molecule has 0 aliphatic rings. The van der Waals surface area contributed by atoms with Crippen molar-refractivity contribution in [2.45, 2.75) is 58.5 Å². The summed E-state index contributed by atoms with van der Waals surface area (Å²) in [5, 5.41) is 3.62. The first-order valence-corrected chi connectivity index (χ1v) is 6.40. The third kappa shape index (κ3) is 4.75. The van der Waals surface area contributed by atoms with Gasteiger partial charge in [0.2, 0.25) is 0 Å². The van der Waals surface area contributed by atoms with E-state index in [0.717, 1.165) is 0 Å². The zero-order chi connectivity index (χ0) is 11.8. The first-order chi connectivity index (χ1) is 7.74. The molecule has 1 aromatic heterocycles. The summed E-state index contributed by atoms with van der Waals surface area (Å²) >= 11 is 0. The Hall–Kier alpha value is -0.890. The second-order valence-electron chi connectivity index (χ2n) is 4.57. The van der Waals surface area contributed by atoms with Gasteiger partial charge in [0.25, 0.3) is 0 Å². The molecular formula is C14H24N2. The molecule has 0 bridgehead atoms. The molecule has 0 aliphatic heterocycles. The Morgan fingerprint density at radius 3 is 2.75 bits per heavy atom. The van der Waals surface area contributed by atoms with Gasteiger partial charge in [0, 0.05) is 24.5 Å². The van der Waals surface area contributed by atoms with Crippen molar-refractivity contribution in [3.63, 3.8) is 0 Å². The fourth-order valence-electron chi connectivity index (χ4n) is 1.94. The number of aromatic nitrogens is 1. The molecule has 0 aliphatic carbocycles. The summed E-state index contributed by atoms with van der Waals surface area (Å²) in [5.41, 5.74) is 1.27. The van der Waals surface area contributed by atoms with Crippen molar-refractivity contribution in [2.24, 2.45) is 0 Å². The van der Waals surface area contributed by atoms with Crippen LogP contribution in [0.1, 0.15) is 58.1 Å². The standard InChI is InChI=1S/C14H24N2/c1-4-5-6-8-12(2)16-13(3)14-9-7-10-15-11-14/h7,9-13,16H,4-6,8H2,1-3H3. The van der Waals surface area contributed by atoms with Crippen LogP contribution in [0, 0.1) is 0 Å². The highest BCUT2D eigenvalue weighted by atomic mass is 14.9. The Labute approximate surface area is 99.5 Å². The van der Waals surface area contributed by atoms with Crippen molar-refractivity contribution in [2.75, 3.05) is 0 Å². The lowest BCUT2D eigenvalue weighted by Gasteiger charge is -2.20. The summed E-state index contributed by atoms with van der Waals surface area (Å²) in [6.07, 6.45) is 8.98. The second kappa shape index (κ2) is 7.39. The number of hydrogen-bond donors (Lipinski definition) is 1. The first-order valence-electron chi connectivity index (χ1n) is 6.40. The van der Waals surface area contributed by atoms with Crippen molar-refractivity contribution in [1.82, 2.24) is 10.3 Å². The van der Waals surface area contributed by atoms with Gasteiger partial charge in [-0.2, -0.15) is 0 Å². The monoisotopic (exact) mass is 220 g/mol. The molecule has 1 N–H and O–H groups in total. The summed E-state index contributed by atoms with van der Waals surface area (Å²) in [6.45, 7) is 6.71. The number of hydrogen-bond acceptors (Lipinski definition) is 2. The third-order valence-electron chi connectivity index (χ3n) is 2.96. The molecule has 2 nitrogen and oxygen atoms in total.